The number of hydrogen-bond donors (Lipinski definition) is 0. The Morgan fingerprint density at radius 3 is 2.07 bits per heavy atom. The molecule has 4 aromatic carbocycles. The summed E-state index contributed by atoms with van der Waals surface area (Å²) in [6.07, 6.45) is 4.73. The average Bonchev–Trinajstić information content (AvgIpc) is 2.91. The summed E-state index contributed by atoms with van der Waals surface area (Å²) in [6, 6.07) is 10.4. The van der Waals surface area contributed by atoms with Gasteiger partial charge in [-0.2, -0.15) is 13.2 Å². The predicted molar refractivity (Wildman–Crippen MR) is 143 cm³/mol. The highest BCUT2D eigenvalue weighted by molar-refractivity contribution is 5.89. The molecule has 0 aliphatic heterocycles. The number of hydrogen-bond acceptors (Lipinski definition) is 0. The predicted octanol–water partition coefficient (Wildman–Crippen LogP) is 10.4. The normalized spacial score (nSPS) is 14.4. The molecular formula is C33H22F8. The second-order valence-electron chi connectivity index (χ2n) is 10.0. The van der Waals surface area contributed by atoms with Crippen molar-refractivity contribution in [2.75, 3.05) is 0 Å². The zero-order valence-corrected chi connectivity index (χ0v) is 21.5. The van der Waals surface area contributed by atoms with E-state index in [0.717, 1.165) is 55.2 Å². The Kier molecular flexibility index (Phi) is 7.90. The molecule has 8 heteroatoms. The molecule has 0 spiro atoms. The van der Waals surface area contributed by atoms with Gasteiger partial charge in [-0.15, -0.1) is 0 Å². The van der Waals surface area contributed by atoms with Gasteiger partial charge in [0.25, 0.3) is 0 Å². The van der Waals surface area contributed by atoms with E-state index in [-0.39, 0.29) is 27.5 Å². The van der Waals surface area contributed by atoms with Crippen molar-refractivity contribution in [3.8, 4) is 34.1 Å². The number of rotatable bonds is 4. The van der Waals surface area contributed by atoms with Crippen LogP contribution in [0.1, 0.15) is 43.2 Å². The van der Waals surface area contributed by atoms with E-state index in [4.69, 9.17) is 0 Å². The summed E-state index contributed by atoms with van der Waals surface area (Å²) >= 11 is 0. The summed E-state index contributed by atoms with van der Waals surface area (Å²) < 4.78 is 112. The Morgan fingerprint density at radius 2 is 1.41 bits per heavy atom. The molecule has 0 aromatic heterocycles. The summed E-state index contributed by atoms with van der Waals surface area (Å²) in [4.78, 5) is 0. The van der Waals surface area contributed by atoms with Crippen molar-refractivity contribution in [1.82, 2.24) is 0 Å². The lowest BCUT2D eigenvalue weighted by Crippen LogP contribution is -2.02. The second kappa shape index (κ2) is 11.4. The monoisotopic (exact) mass is 570 g/mol. The Hall–Kier alpha value is -4.12. The van der Waals surface area contributed by atoms with E-state index in [1.807, 2.05) is 6.08 Å². The highest BCUT2D eigenvalue weighted by atomic mass is 19.4. The molecule has 1 fully saturated rings. The molecule has 1 aliphatic carbocycles. The van der Waals surface area contributed by atoms with E-state index in [1.54, 1.807) is 6.07 Å². The van der Waals surface area contributed by atoms with Gasteiger partial charge in [-0.25, -0.2) is 22.0 Å². The van der Waals surface area contributed by atoms with Crippen LogP contribution in [0.4, 0.5) is 35.1 Å². The number of halogens is 8. The van der Waals surface area contributed by atoms with E-state index >= 15 is 8.78 Å². The van der Waals surface area contributed by atoms with Gasteiger partial charge in [0.1, 0.15) is 29.1 Å². The maximum atomic E-state index is 15.2. The first-order chi connectivity index (χ1) is 19.5. The zero-order chi connectivity index (χ0) is 29.3. The molecule has 0 N–H and O–H groups in total. The third-order valence-corrected chi connectivity index (χ3v) is 7.20. The Balaban J connectivity index is 1.46. The van der Waals surface area contributed by atoms with Gasteiger partial charge in [-0.05, 0) is 71.2 Å². The van der Waals surface area contributed by atoms with Crippen LogP contribution in [0.25, 0.3) is 39.1 Å². The first kappa shape index (κ1) is 28.4. The van der Waals surface area contributed by atoms with Crippen molar-refractivity contribution < 1.29 is 35.1 Å². The lowest BCUT2D eigenvalue weighted by Gasteiger charge is -2.17. The molecule has 41 heavy (non-hydrogen) atoms. The molecular weight excluding hydrogens is 548 g/mol. The zero-order valence-electron chi connectivity index (χ0n) is 21.5. The maximum Gasteiger partial charge on any atom is 0.458 e. The average molecular weight is 571 g/mol. The highest BCUT2D eigenvalue weighted by Crippen LogP contribution is 2.35. The number of fused-ring (bicyclic) bond motifs is 1. The fourth-order valence-corrected chi connectivity index (χ4v) is 5.18. The molecule has 1 aliphatic rings. The van der Waals surface area contributed by atoms with Crippen LogP contribution in [0.2, 0.25) is 0 Å². The van der Waals surface area contributed by atoms with Crippen LogP contribution in [-0.2, 0) is 0 Å². The van der Waals surface area contributed by atoms with Crippen molar-refractivity contribution in [2.45, 2.75) is 38.3 Å². The molecule has 210 valence electrons. The van der Waals surface area contributed by atoms with E-state index in [0.29, 0.717) is 11.5 Å². The Bertz CT molecular complexity index is 1690. The minimum atomic E-state index is -4.95. The van der Waals surface area contributed by atoms with Gasteiger partial charge in [0.05, 0.1) is 11.1 Å². The van der Waals surface area contributed by atoms with Crippen LogP contribution in [0.15, 0.2) is 60.7 Å². The molecule has 0 bridgehead atoms. The van der Waals surface area contributed by atoms with Crippen molar-refractivity contribution in [1.29, 1.82) is 0 Å². The minimum absolute atomic E-state index is 0.000634. The summed E-state index contributed by atoms with van der Waals surface area (Å²) in [7, 11) is 0. The minimum Gasteiger partial charge on any atom is -0.206 e. The van der Waals surface area contributed by atoms with Crippen LogP contribution in [0, 0.1) is 46.8 Å². The summed E-state index contributed by atoms with van der Waals surface area (Å²) in [5.41, 5.74) is -1.05. The molecule has 0 nitrogen and oxygen atoms in total. The van der Waals surface area contributed by atoms with Crippen molar-refractivity contribution in [3.05, 3.63) is 101 Å². The quantitative estimate of drug-likeness (QED) is 0.169. The molecule has 0 radical (unpaired) electrons. The number of allylic oxidation sites excluding steroid dienone is 1. The van der Waals surface area contributed by atoms with Crippen LogP contribution in [0.3, 0.4) is 0 Å². The molecule has 0 atom stereocenters. The fourth-order valence-electron chi connectivity index (χ4n) is 5.18. The number of alkyl halides is 3. The SMILES string of the molecule is Fc1cc(/C=C/C2CCCCC2)ccc1-c1cc(F)c(-c2ccc3c(F)c(C#CC(F)(F)F)c(F)cc3c2)c(F)c1. The largest absolute Gasteiger partial charge is 0.458 e. The molecule has 5 rings (SSSR count). The smallest absolute Gasteiger partial charge is 0.206 e. The molecule has 0 amide bonds. The van der Waals surface area contributed by atoms with E-state index in [1.165, 1.54) is 37.3 Å². The molecule has 0 unspecified atom stereocenters. The molecule has 0 saturated heterocycles. The summed E-state index contributed by atoms with van der Waals surface area (Å²) in [6.45, 7) is 0. The number of benzene rings is 4. The third-order valence-electron chi connectivity index (χ3n) is 7.20. The van der Waals surface area contributed by atoms with Crippen LogP contribution in [-0.4, -0.2) is 6.18 Å². The molecule has 4 aromatic rings. The van der Waals surface area contributed by atoms with Crippen LogP contribution in [0.5, 0.6) is 0 Å². The van der Waals surface area contributed by atoms with Gasteiger partial charge < -0.3 is 0 Å². The lowest BCUT2D eigenvalue weighted by atomic mass is 9.88. The summed E-state index contributed by atoms with van der Waals surface area (Å²) in [5.74, 6) is -2.67. The van der Waals surface area contributed by atoms with Gasteiger partial charge in [0, 0.05) is 16.9 Å². The van der Waals surface area contributed by atoms with Crippen molar-refractivity contribution >= 4 is 16.8 Å². The van der Waals surface area contributed by atoms with Crippen molar-refractivity contribution in [2.24, 2.45) is 5.92 Å². The van der Waals surface area contributed by atoms with Crippen molar-refractivity contribution in [3.63, 3.8) is 0 Å². The van der Waals surface area contributed by atoms with Gasteiger partial charge in [-0.3, -0.25) is 0 Å². The topological polar surface area (TPSA) is 0 Å². The Morgan fingerprint density at radius 1 is 0.707 bits per heavy atom. The maximum absolute atomic E-state index is 15.2. The Labute approximate surface area is 231 Å². The van der Waals surface area contributed by atoms with E-state index in [9.17, 15) is 26.3 Å². The van der Waals surface area contributed by atoms with E-state index < -0.39 is 46.4 Å². The first-order valence-electron chi connectivity index (χ1n) is 13.0. The standard InChI is InChI=1S/C33H22F8/c34-27-14-20(7-6-19-4-2-1-3-5-19)8-10-24(27)23-17-29(36)31(30(37)18-23)21-9-11-25-22(15-21)16-28(35)26(32(25)38)12-13-33(39,40)41/h6-11,14-19H,1-5H2/b7-6+. The summed E-state index contributed by atoms with van der Waals surface area (Å²) in [5, 5.41) is -0.417. The van der Waals surface area contributed by atoms with Gasteiger partial charge in [-0.1, -0.05) is 61.6 Å². The van der Waals surface area contributed by atoms with Gasteiger partial charge in [0.15, 0.2) is 0 Å². The third kappa shape index (κ3) is 6.30. The molecule has 1 saturated carbocycles. The van der Waals surface area contributed by atoms with Crippen LogP contribution >= 0.6 is 0 Å². The lowest BCUT2D eigenvalue weighted by molar-refractivity contribution is -0.0696. The molecule has 0 heterocycles. The van der Waals surface area contributed by atoms with Gasteiger partial charge >= 0.3 is 6.18 Å². The van der Waals surface area contributed by atoms with Crippen LogP contribution < -0.4 is 0 Å². The first-order valence-corrected chi connectivity index (χ1v) is 13.0. The highest BCUT2D eigenvalue weighted by Gasteiger charge is 2.24. The fraction of sp³-hybridized carbons (Fsp3) is 0.212. The van der Waals surface area contributed by atoms with Gasteiger partial charge in [0.2, 0.25) is 0 Å². The van der Waals surface area contributed by atoms with E-state index in [2.05, 4.69) is 6.08 Å². The second-order valence-corrected chi connectivity index (χ2v) is 10.0.